The van der Waals surface area contributed by atoms with E-state index in [9.17, 15) is 0 Å². The first-order chi connectivity index (χ1) is 9.65. The number of nitrogens with zero attached hydrogens (tertiary/aromatic N) is 6. The van der Waals surface area contributed by atoms with Crippen molar-refractivity contribution in [1.82, 2.24) is 24.7 Å². The molecule has 3 aromatic rings. The van der Waals surface area contributed by atoms with Crippen molar-refractivity contribution >= 4 is 17.6 Å². The summed E-state index contributed by atoms with van der Waals surface area (Å²) in [6.07, 6.45) is 1.79. The van der Waals surface area contributed by atoms with Gasteiger partial charge in [0.25, 0.3) is 5.95 Å². The van der Waals surface area contributed by atoms with E-state index in [1.807, 2.05) is 43.7 Å². The third kappa shape index (κ3) is 2.27. The maximum atomic E-state index is 4.45. The normalized spacial score (nSPS) is 11.6. The second-order valence-corrected chi connectivity index (χ2v) is 5.28. The first-order valence-electron chi connectivity index (χ1n) is 6.17. The smallest absolute Gasteiger partial charge is 0.202 e. The SMILES string of the molecule is Cc1cc(C)n(-c2nnc(C)n2/N=C/c2ccsc2)n1. The van der Waals surface area contributed by atoms with Crippen molar-refractivity contribution in [2.75, 3.05) is 0 Å². The molecule has 3 rings (SSSR count). The zero-order valence-electron chi connectivity index (χ0n) is 11.5. The average Bonchev–Trinajstić information content (AvgIpc) is 3.09. The highest BCUT2D eigenvalue weighted by molar-refractivity contribution is 7.08. The summed E-state index contributed by atoms with van der Waals surface area (Å²) >= 11 is 1.64. The van der Waals surface area contributed by atoms with Crippen molar-refractivity contribution in [2.24, 2.45) is 5.10 Å². The van der Waals surface area contributed by atoms with E-state index in [4.69, 9.17) is 0 Å². The molecule has 102 valence electrons. The standard InChI is InChI=1S/C13H14N6S/c1-9-6-10(2)18(17-9)13-16-15-11(3)19(13)14-7-12-4-5-20-8-12/h4-8H,1-3H3/b14-7+. The fraction of sp³-hybridized carbons (Fsp3) is 0.231. The molecule has 0 radical (unpaired) electrons. The van der Waals surface area contributed by atoms with Gasteiger partial charge >= 0.3 is 0 Å². The summed E-state index contributed by atoms with van der Waals surface area (Å²) in [7, 11) is 0. The summed E-state index contributed by atoms with van der Waals surface area (Å²) in [4.78, 5) is 0. The van der Waals surface area contributed by atoms with E-state index in [-0.39, 0.29) is 0 Å². The summed E-state index contributed by atoms with van der Waals surface area (Å²) in [5.74, 6) is 1.32. The Bertz CT molecular complexity index is 750. The summed E-state index contributed by atoms with van der Waals surface area (Å²) in [5.41, 5.74) is 3.00. The molecule has 3 heterocycles. The van der Waals surface area contributed by atoms with Crippen LogP contribution in [-0.4, -0.2) is 30.9 Å². The minimum atomic E-state index is 0.597. The van der Waals surface area contributed by atoms with E-state index < -0.39 is 0 Å². The number of rotatable bonds is 3. The molecule has 0 aliphatic carbocycles. The highest BCUT2D eigenvalue weighted by atomic mass is 32.1. The quantitative estimate of drug-likeness (QED) is 0.694. The Morgan fingerprint density at radius 3 is 2.75 bits per heavy atom. The van der Waals surface area contributed by atoms with Crippen LogP contribution in [0.15, 0.2) is 28.0 Å². The predicted octanol–water partition coefficient (Wildman–Crippen LogP) is 2.33. The summed E-state index contributed by atoms with van der Waals surface area (Å²) in [6.45, 7) is 5.80. The van der Waals surface area contributed by atoms with Gasteiger partial charge < -0.3 is 0 Å². The van der Waals surface area contributed by atoms with Crippen LogP contribution in [0.5, 0.6) is 0 Å². The Labute approximate surface area is 120 Å². The lowest BCUT2D eigenvalue weighted by atomic mass is 10.4. The lowest BCUT2D eigenvalue weighted by Gasteiger charge is -2.03. The van der Waals surface area contributed by atoms with Gasteiger partial charge in [-0.2, -0.15) is 26.2 Å². The summed E-state index contributed by atoms with van der Waals surface area (Å²) < 4.78 is 3.44. The van der Waals surface area contributed by atoms with Gasteiger partial charge in [-0.25, -0.2) is 4.68 Å². The van der Waals surface area contributed by atoms with Crippen molar-refractivity contribution in [3.8, 4) is 5.95 Å². The van der Waals surface area contributed by atoms with Gasteiger partial charge in [0.2, 0.25) is 0 Å². The Hall–Kier alpha value is -2.28. The minimum Gasteiger partial charge on any atom is -0.202 e. The van der Waals surface area contributed by atoms with Crippen molar-refractivity contribution in [3.05, 3.63) is 45.7 Å². The van der Waals surface area contributed by atoms with Crippen molar-refractivity contribution < 1.29 is 0 Å². The molecule has 20 heavy (non-hydrogen) atoms. The molecule has 0 N–H and O–H groups in total. The fourth-order valence-electron chi connectivity index (χ4n) is 1.92. The van der Waals surface area contributed by atoms with Crippen LogP contribution >= 0.6 is 11.3 Å². The molecule has 0 atom stereocenters. The number of hydrogen-bond donors (Lipinski definition) is 0. The molecule has 0 aliphatic heterocycles. The van der Waals surface area contributed by atoms with E-state index in [2.05, 4.69) is 20.4 Å². The van der Waals surface area contributed by atoms with Gasteiger partial charge in [-0.1, -0.05) is 0 Å². The highest BCUT2D eigenvalue weighted by Gasteiger charge is 2.13. The second-order valence-electron chi connectivity index (χ2n) is 4.50. The van der Waals surface area contributed by atoms with Gasteiger partial charge in [-0.05, 0) is 43.7 Å². The van der Waals surface area contributed by atoms with Gasteiger partial charge in [-0.15, -0.1) is 10.2 Å². The van der Waals surface area contributed by atoms with Crippen molar-refractivity contribution in [1.29, 1.82) is 0 Å². The number of aryl methyl sites for hydroxylation is 3. The lowest BCUT2D eigenvalue weighted by Crippen LogP contribution is -2.07. The summed E-state index contributed by atoms with van der Waals surface area (Å²) in [6, 6.07) is 4.01. The van der Waals surface area contributed by atoms with Crippen LogP contribution in [-0.2, 0) is 0 Å². The molecule has 3 aromatic heterocycles. The van der Waals surface area contributed by atoms with Crippen LogP contribution in [0, 0.1) is 20.8 Å². The molecule has 0 spiro atoms. The summed E-state index contributed by atoms with van der Waals surface area (Å²) in [5, 5.41) is 21.2. The van der Waals surface area contributed by atoms with E-state index in [0.717, 1.165) is 22.8 Å². The fourth-order valence-corrected chi connectivity index (χ4v) is 2.53. The minimum absolute atomic E-state index is 0.597. The third-order valence-electron chi connectivity index (χ3n) is 2.84. The number of hydrogen-bond acceptors (Lipinski definition) is 5. The molecule has 7 heteroatoms. The Kier molecular flexibility index (Phi) is 3.19. The van der Waals surface area contributed by atoms with Crippen molar-refractivity contribution in [3.63, 3.8) is 0 Å². The van der Waals surface area contributed by atoms with Crippen LogP contribution in [0.1, 0.15) is 22.8 Å². The van der Waals surface area contributed by atoms with E-state index in [1.54, 1.807) is 26.9 Å². The monoisotopic (exact) mass is 286 g/mol. The maximum absolute atomic E-state index is 4.45. The Morgan fingerprint density at radius 1 is 1.25 bits per heavy atom. The Morgan fingerprint density at radius 2 is 2.10 bits per heavy atom. The molecule has 0 fully saturated rings. The third-order valence-corrected chi connectivity index (χ3v) is 3.55. The van der Waals surface area contributed by atoms with Gasteiger partial charge in [0, 0.05) is 11.3 Å². The number of aromatic nitrogens is 5. The molecular weight excluding hydrogens is 272 g/mol. The first kappa shape index (κ1) is 12.7. The van der Waals surface area contributed by atoms with Crippen LogP contribution in [0.2, 0.25) is 0 Å². The molecule has 0 aromatic carbocycles. The van der Waals surface area contributed by atoms with Gasteiger partial charge in [0.15, 0.2) is 5.82 Å². The van der Waals surface area contributed by atoms with Gasteiger partial charge in [-0.3, -0.25) is 0 Å². The van der Waals surface area contributed by atoms with E-state index >= 15 is 0 Å². The molecule has 0 unspecified atom stereocenters. The maximum Gasteiger partial charge on any atom is 0.273 e. The zero-order chi connectivity index (χ0) is 14.1. The van der Waals surface area contributed by atoms with Gasteiger partial charge in [0.05, 0.1) is 11.9 Å². The largest absolute Gasteiger partial charge is 0.273 e. The number of thiophene rings is 1. The van der Waals surface area contributed by atoms with E-state index in [1.165, 1.54) is 0 Å². The molecule has 6 nitrogen and oxygen atoms in total. The highest BCUT2D eigenvalue weighted by Crippen LogP contribution is 2.11. The van der Waals surface area contributed by atoms with Crippen LogP contribution < -0.4 is 0 Å². The molecule has 0 saturated heterocycles. The molecule has 0 bridgehead atoms. The molecule has 0 aliphatic rings. The topological polar surface area (TPSA) is 60.9 Å². The van der Waals surface area contributed by atoms with Crippen LogP contribution in [0.25, 0.3) is 5.95 Å². The molecular formula is C13H14N6S. The molecule has 0 saturated carbocycles. The predicted molar refractivity (Wildman–Crippen MR) is 78.7 cm³/mol. The van der Waals surface area contributed by atoms with Crippen LogP contribution in [0.4, 0.5) is 0 Å². The Balaban J connectivity index is 2.04. The molecule has 0 amide bonds. The zero-order valence-corrected chi connectivity index (χ0v) is 12.3. The van der Waals surface area contributed by atoms with Crippen molar-refractivity contribution in [2.45, 2.75) is 20.8 Å². The second kappa shape index (κ2) is 5.01. The lowest BCUT2D eigenvalue weighted by molar-refractivity contribution is 0.708. The van der Waals surface area contributed by atoms with Gasteiger partial charge in [0.1, 0.15) is 0 Å². The van der Waals surface area contributed by atoms with E-state index in [0.29, 0.717) is 5.95 Å². The first-order valence-corrected chi connectivity index (χ1v) is 7.11. The van der Waals surface area contributed by atoms with Crippen LogP contribution in [0.3, 0.4) is 0 Å². The average molecular weight is 286 g/mol.